The van der Waals surface area contributed by atoms with E-state index in [1.54, 1.807) is 0 Å². The van der Waals surface area contributed by atoms with E-state index in [0.29, 0.717) is 11.8 Å². The van der Waals surface area contributed by atoms with Crippen LogP contribution in [0.15, 0.2) is 5.16 Å². The number of thioether (sulfide) groups is 1. The molecule has 4 N–H and O–H groups in total. The van der Waals surface area contributed by atoms with Crippen molar-refractivity contribution >= 4 is 37.0 Å². The van der Waals surface area contributed by atoms with Crippen LogP contribution in [0.4, 0.5) is 0 Å². The van der Waals surface area contributed by atoms with E-state index < -0.39 is 56.7 Å². The summed E-state index contributed by atoms with van der Waals surface area (Å²) >= 11 is 0.562. The van der Waals surface area contributed by atoms with Crippen LogP contribution in [-0.4, -0.2) is 95.3 Å². The molecule has 5 atom stereocenters. The third-order valence-corrected chi connectivity index (χ3v) is 5.70. The van der Waals surface area contributed by atoms with E-state index in [2.05, 4.69) is 9.44 Å². The van der Waals surface area contributed by atoms with Crippen LogP contribution in [0.5, 0.6) is 0 Å². The Balaban J connectivity index is 2.88. The topological polar surface area (TPSA) is 203 Å². The Kier molecular flexibility index (Phi) is 8.69. The van der Waals surface area contributed by atoms with Crippen molar-refractivity contribution in [2.24, 2.45) is 5.16 Å². The van der Waals surface area contributed by atoms with E-state index in [1.807, 2.05) is 0 Å². The molecule has 0 aromatic heterocycles. The summed E-state index contributed by atoms with van der Waals surface area (Å²) in [5.74, 6) is -0.259. The van der Waals surface area contributed by atoms with Gasteiger partial charge in [-0.05, 0) is 6.42 Å². The molecular weight excluding hydrogens is 418 g/mol. The molecule has 1 fully saturated rings. The highest BCUT2D eigenvalue weighted by molar-refractivity contribution is 8.14. The van der Waals surface area contributed by atoms with E-state index in [4.69, 9.17) is 9.84 Å². The van der Waals surface area contributed by atoms with Crippen molar-refractivity contribution < 1.29 is 50.8 Å². The second kappa shape index (κ2) is 9.61. The molecule has 1 aliphatic heterocycles. The Hall–Kier alpha value is -0.520. The molecule has 1 heterocycles. The van der Waals surface area contributed by atoms with E-state index in [-0.39, 0.29) is 23.6 Å². The smallest absolute Gasteiger partial charge is 0.284 e. The number of hydrogen-bond donors (Lipinski definition) is 4. The van der Waals surface area contributed by atoms with Gasteiger partial charge in [-0.2, -0.15) is 8.42 Å². The number of oxime groups is 1. The van der Waals surface area contributed by atoms with Gasteiger partial charge in [-0.3, -0.25) is 4.28 Å². The molecule has 1 aliphatic rings. The number of aliphatic hydroxyl groups excluding tert-OH is 4. The number of nitrogens with zero attached hydrogens (tertiary/aromatic N) is 1. The lowest BCUT2D eigenvalue weighted by Crippen LogP contribution is -2.57. The summed E-state index contributed by atoms with van der Waals surface area (Å²) in [6, 6.07) is 0. The normalized spacial score (nSPS) is 31.0. The standard InChI is InChI=1S/C11H21NO11S3/c1-25(17,18)4-2-3-7(12-23-26(19,20)21)24-11-10(16)9(15)8(14)6(5-13)22-11/h6,8-11,13-16H,2-5H2,1H3,(H,19,20,21)/p-1. The van der Waals surface area contributed by atoms with Gasteiger partial charge in [0.25, 0.3) is 10.4 Å². The fraction of sp³-hybridized carbons (Fsp3) is 0.909. The lowest BCUT2D eigenvalue weighted by Gasteiger charge is -2.39. The molecule has 0 spiro atoms. The van der Waals surface area contributed by atoms with Gasteiger partial charge in [0.1, 0.15) is 44.7 Å². The van der Waals surface area contributed by atoms with Crippen LogP contribution in [0, 0.1) is 0 Å². The molecule has 15 heteroatoms. The minimum atomic E-state index is -5.16. The summed E-state index contributed by atoms with van der Waals surface area (Å²) in [5, 5.41) is 41.4. The van der Waals surface area contributed by atoms with Crippen molar-refractivity contribution in [3.8, 4) is 0 Å². The van der Waals surface area contributed by atoms with Gasteiger partial charge in [0.05, 0.1) is 12.4 Å². The molecular formula is C11H20NO11S3-. The number of hydrogen-bond acceptors (Lipinski definition) is 13. The van der Waals surface area contributed by atoms with E-state index in [1.165, 1.54) is 0 Å². The van der Waals surface area contributed by atoms with Crippen LogP contribution >= 0.6 is 11.8 Å². The summed E-state index contributed by atoms with van der Waals surface area (Å²) < 4.78 is 62.9. The van der Waals surface area contributed by atoms with E-state index in [9.17, 15) is 36.7 Å². The van der Waals surface area contributed by atoms with Gasteiger partial charge in [-0.15, -0.1) is 0 Å². The van der Waals surface area contributed by atoms with Gasteiger partial charge < -0.3 is 29.7 Å². The molecule has 1 rings (SSSR count). The first-order valence-corrected chi connectivity index (χ1v) is 11.5. The second-order valence-corrected chi connectivity index (χ2v) is 9.91. The fourth-order valence-corrected chi connectivity index (χ4v) is 4.00. The van der Waals surface area contributed by atoms with Crippen LogP contribution < -0.4 is 0 Å². The van der Waals surface area contributed by atoms with Gasteiger partial charge >= 0.3 is 0 Å². The molecule has 0 amide bonds. The molecule has 0 aromatic carbocycles. The van der Waals surface area contributed by atoms with Crippen molar-refractivity contribution in [3.05, 3.63) is 0 Å². The monoisotopic (exact) mass is 438 g/mol. The molecule has 0 aliphatic carbocycles. The third-order valence-electron chi connectivity index (χ3n) is 3.24. The maximum absolute atomic E-state index is 11.2. The molecule has 5 unspecified atom stereocenters. The van der Waals surface area contributed by atoms with Gasteiger partial charge in [-0.25, -0.2) is 8.42 Å². The minimum Gasteiger partial charge on any atom is -0.714 e. The SMILES string of the molecule is CS(=O)(=O)CCCC(=NOS(=O)(=O)[O-])SC1OC(CO)C(O)C(O)C1O. The summed E-state index contributed by atoms with van der Waals surface area (Å²) in [6.45, 7) is -0.673. The van der Waals surface area contributed by atoms with Crippen LogP contribution in [0.1, 0.15) is 12.8 Å². The Morgan fingerprint density at radius 2 is 1.81 bits per heavy atom. The number of rotatable bonds is 8. The second-order valence-electron chi connectivity index (χ2n) is 5.52. The Morgan fingerprint density at radius 1 is 1.19 bits per heavy atom. The van der Waals surface area contributed by atoms with Crippen LogP contribution in [0.3, 0.4) is 0 Å². The molecule has 12 nitrogen and oxygen atoms in total. The summed E-state index contributed by atoms with van der Waals surface area (Å²) in [5.41, 5.74) is -1.29. The Labute approximate surface area is 154 Å². The average molecular weight is 438 g/mol. The zero-order valence-corrected chi connectivity index (χ0v) is 16.0. The van der Waals surface area contributed by atoms with Crippen molar-refractivity contribution in [2.45, 2.75) is 42.7 Å². The molecule has 154 valence electrons. The molecule has 0 bridgehead atoms. The first kappa shape index (κ1) is 23.5. The largest absolute Gasteiger partial charge is 0.714 e. The van der Waals surface area contributed by atoms with Gasteiger partial charge in [0.2, 0.25) is 0 Å². The van der Waals surface area contributed by atoms with Crippen molar-refractivity contribution in [1.29, 1.82) is 0 Å². The van der Waals surface area contributed by atoms with E-state index in [0.717, 1.165) is 6.26 Å². The lowest BCUT2D eigenvalue weighted by atomic mass is 10.0. The molecule has 0 saturated carbocycles. The predicted octanol–water partition coefficient (Wildman–Crippen LogP) is -2.87. The zero-order valence-electron chi connectivity index (χ0n) is 13.5. The number of aliphatic hydroxyl groups is 4. The number of ether oxygens (including phenoxy) is 1. The molecule has 1 saturated heterocycles. The minimum absolute atomic E-state index is 0.00432. The third kappa shape index (κ3) is 8.01. The quantitative estimate of drug-likeness (QED) is 0.0993. The average Bonchev–Trinajstić information content (AvgIpc) is 2.50. The Bertz CT molecular complexity index is 690. The molecule has 26 heavy (non-hydrogen) atoms. The van der Waals surface area contributed by atoms with Crippen molar-refractivity contribution in [1.82, 2.24) is 0 Å². The highest BCUT2D eigenvalue weighted by atomic mass is 32.3. The van der Waals surface area contributed by atoms with Gasteiger partial charge in [-0.1, -0.05) is 16.9 Å². The first-order chi connectivity index (χ1) is 11.8. The fourth-order valence-electron chi connectivity index (χ4n) is 2.00. The molecule has 0 aromatic rings. The number of sulfone groups is 1. The Morgan fingerprint density at radius 3 is 2.31 bits per heavy atom. The van der Waals surface area contributed by atoms with Crippen LogP contribution in [0.25, 0.3) is 0 Å². The lowest BCUT2D eigenvalue weighted by molar-refractivity contribution is -0.205. The maximum Gasteiger partial charge on any atom is 0.284 e. The van der Waals surface area contributed by atoms with Crippen molar-refractivity contribution in [3.63, 3.8) is 0 Å². The molecule has 0 radical (unpaired) electrons. The highest BCUT2D eigenvalue weighted by Crippen LogP contribution is 2.30. The summed E-state index contributed by atoms with van der Waals surface area (Å²) in [4.78, 5) is 0. The summed E-state index contributed by atoms with van der Waals surface area (Å²) in [6.07, 6.45) is -5.23. The highest BCUT2D eigenvalue weighted by Gasteiger charge is 2.44. The predicted molar refractivity (Wildman–Crippen MR) is 88.5 cm³/mol. The van der Waals surface area contributed by atoms with E-state index >= 15 is 0 Å². The zero-order chi connectivity index (χ0) is 20.1. The maximum atomic E-state index is 11.2. The first-order valence-electron chi connectivity index (χ1n) is 7.20. The van der Waals surface area contributed by atoms with Gasteiger partial charge in [0, 0.05) is 12.7 Å². The van der Waals surface area contributed by atoms with Crippen molar-refractivity contribution in [2.75, 3.05) is 18.6 Å². The summed E-state index contributed by atoms with van der Waals surface area (Å²) in [7, 11) is -8.47. The van der Waals surface area contributed by atoms with Crippen LogP contribution in [-0.2, 0) is 29.3 Å². The van der Waals surface area contributed by atoms with Crippen LogP contribution in [0.2, 0.25) is 0 Å². The van der Waals surface area contributed by atoms with Gasteiger partial charge in [0.15, 0.2) is 0 Å².